The molecule has 1 aromatic rings. The van der Waals surface area contributed by atoms with Gasteiger partial charge in [-0.25, -0.2) is 9.59 Å². The molecule has 1 rings (SSSR count). The molecule has 0 spiro atoms. The number of aryl methyl sites for hydroxylation is 1. The summed E-state index contributed by atoms with van der Waals surface area (Å²) in [6.07, 6.45) is 1.76. The van der Waals surface area contributed by atoms with Gasteiger partial charge in [-0.1, -0.05) is 12.1 Å². The van der Waals surface area contributed by atoms with Gasteiger partial charge in [-0.15, -0.1) is 0 Å². The number of hydrogen-bond donors (Lipinski definition) is 1. The fraction of sp³-hybridized carbons (Fsp3) is 0.312. The van der Waals surface area contributed by atoms with Crippen LogP contribution in [-0.2, 0) is 35.0 Å². The van der Waals surface area contributed by atoms with Gasteiger partial charge in [-0.3, -0.25) is 4.79 Å². The van der Waals surface area contributed by atoms with E-state index < -0.39 is 11.9 Å². The van der Waals surface area contributed by atoms with Crippen LogP contribution < -0.4 is 5.32 Å². The highest BCUT2D eigenvalue weighted by Gasteiger charge is 2.13. The van der Waals surface area contributed by atoms with Crippen molar-refractivity contribution in [2.24, 2.45) is 0 Å². The Morgan fingerprint density at radius 2 is 1.83 bits per heavy atom. The first-order chi connectivity index (χ1) is 11.0. The minimum absolute atomic E-state index is 0.0514. The molecular weight excluding hydrogens is 302 g/mol. The fourth-order valence-electron chi connectivity index (χ4n) is 1.74. The SMILES string of the molecule is COC(=O)/C=C(/Nc1cccc(CCC(=O)OC)c1)C(=O)OC. The number of nitrogens with one attached hydrogen (secondary N) is 1. The van der Waals surface area contributed by atoms with E-state index in [1.54, 1.807) is 18.2 Å². The summed E-state index contributed by atoms with van der Waals surface area (Å²) in [4.78, 5) is 34.2. The number of methoxy groups -OCH3 is 3. The number of carbonyl (C=O) groups is 3. The van der Waals surface area contributed by atoms with Crippen LogP contribution >= 0.6 is 0 Å². The Morgan fingerprint density at radius 3 is 2.43 bits per heavy atom. The van der Waals surface area contributed by atoms with Gasteiger partial charge in [0.2, 0.25) is 0 Å². The molecule has 0 bridgehead atoms. The predicted octanol–water partition coefficient (Wildman–Crippen LogP) is 1.43. The van der Waals surface area contributed by atoms with Crippen LogP contribution in [0.5, 0.6) is 0 Å². The zero-order valence-electron chi connectivity index (χ0n) is 13.3. The summed E-state index contributed by atoms with van der Waals surface area (Å²) in [7, 11) is 3.75. The third-order valence-corrected chi connectivity index (χ3v) is 2.92. The molecule has 0 atom stereocenters. The molecule has 0 saturated heterocycles. The molecule has 0 amide bonds. The van der Waals surface area contributed by atoms with Crippen molar-refractivity contribution in [3.05, 3.63) is 41.6 Å². The molecule has 7 nitrogen and oxygen atoms in total. The smallest absolute Gasteiger partial charge is 0.354 e. The van der Waals surface area contributed by atoms with E-state index in [0.717, 1.165) is 11.6 Å². The predicted molar refractivity (Wildman–Crippen MR) is 82.5 cm³/mol. The molecule has 0 aromatic heterocycles. The second-order valence-electron chi connectivity index (χ2n) is 4.47. The van der Waals surface area contributed by atoms with E-state index in [1.807, 2.05) is 6.07 Å². The molecule has 124 valence electrons. The Hall–Kier alpha value is -2.83. The molecule has 0 unspecified atom stereocenters. The summed E-state index contributed by atoms with van der Waals surface area (Å²) in [5, 5.41) is 2.81. The first-order valence-corrected chi connectivity index (χ1v) is 6.81. The molecule has 0 radical (unpaired) electrons. The van der Waals surface area contributed by atoms with Crippen LogP contribution in [0.1, 0.15) is 12.0 Å². The number of carbonyl (C=O) groups excluding carboxylic acids is 3. The number of esters is 3. The zero-order valence-corrected chi connectivity index (χ0v) is 13.3. The van der Waals surface area contributed by atoms with Crippen LogP contribution in [0.15, 0.2) is 36.0 Å². The van der Waals surface area contributed by atoms with E-state index in [1.165, 1.54) is 21.3 Å². The molecule has 7 heteroatoms. The van der Waals surface area contributed by atoms with Crippen LogP contribution in [0.2, 0.25) is 0 Å². The third kappa shape index (κ3) is 6.21. The van der Waals surface area contributed by atoms with Gasteiger partial charge < -0.3 is 19.5 Å². The number of rotatable bonds is 7. The normalized spacial score (nSPS) is 10.7. The summed E-state index contributed by atoms with van der Waals surface area (Å²) >= 11 is 0. The van der Waals surface area contributed by atoms with E-state index in [0.29, 0.717) is 12.1 Å². The van der Waals surface area contributed by atoms with Crippen LogP contribution in [0.25, 0.3) is 0 Å². The molecule has 0 aliphatic carbocycles. The topological polar surface area (TPSA) is 90.9 Å². The van der Waals surface area contributed by atoms with Crippen molar-refractivity contribution < 1.29 is 28.6 Å². The molecule has 0 fully saturated rings. The maximum Gasteiger partial charge on any atom is 0.354 e. The summed E-state index contributed by atoms with van der Waals surface area (Å²) in [5.41, 5.74) is 1.40. The van der Waals surface area contributed by atoms with Gasteiger partial charge in [0.05, 0.1) is 27.4 Å². The maximum absolute atomic E-state index is 11.7. The highest BCUT2D eigenvalue weighted by molar-refractivity contribution is 5.98. The lowest BCUT2D eigenvalue weighted by Crippen LogP contribution is -2.15. The summed E-state index contributed by atoms with van der Waals surface area (Å²) in [5.74, 6) is -1.68. The Labute approximate surface area is 134 Å². The largest absolute Gasteiger partial charge is 0.469 e. The van der Waals surface area contributed by atoms with Crippen LogP contribution in [0.4, 0.5) is 5.69 Å². The van der Waals surface area contributed by atoms with Crippen molar-refractivity contribution >= 4 is 23.6 Å². The molecule has 23 heavy (non-hydrogen) atoms. The minimum Gasteiger partial charge on any atom is -0.469 e. The number of benzene rings is 1. The van der Waals surface area contributed by atoms with E-state index in [2.05, 4.69) is 19.5 Å². The van der Waals surface area contributed by atoms with Crippen molar-refractivity contribution in [1.82, 2.24) is 0 Å². The zero-order chi connectivity index (χ0) is 17.2. The second-order valence-corrected chi connectivity index (χ2v) is 4.47. The average Bonchev–Trinajstić information content (AvgIpc) is 2.58. The summed E-state index contributed by atoms with van der Waals surface area (Å²) < 4.78 is 13.7. The van der Waals surface area contributed by atoms with Gasteiger partial charge in [0, 0.05) is 12.1 Å². The highest BCUT2D eigenvalue weighted by atomic mass is 16.5. The molecule has 0 saturated carbocycles. The third-order valence-electron chi connectivity index (χ3n) is 2.92. The molecule has 1 N–H and O–H groups in total. The quantitative estimate of drug-likeness (QED) is 0.461. The number of ether oxygens (including phenoxy) is 3. The highest BCUT2D eigenvalue weighted by Crippen LogP contribution is 2.15. The minimum atomic E-state index is -0.699. The maximum atomic E-state index is 11.7. The number of anilines is 1. The lowest BCUT2D eigenvalue weighted by Gasteiger charge is -2.10. The van der Waals surface area contributed by atoms with Gasteiger partial charge in [-0.2, -0.15) is 0 Å². The van der Waals surface area contributed by atoms with Crippen molar-refractivity contribution in [3.8, 4) is 0 Å². The van der Waals surface area contributed by atoms with Gasteiger partial charge >= 0.3 is 17.9 Å². The van der Waals surface area contributed by atoms with Gasteiger partial charge in [0.25, 0.3) is 0 Å². The average molecular weight is 321 g/mol. The molecule has 0 aliphatic heterocycles. The van der Waals surface area contributed by atoms with E-state index >= 15 is 0 Å². The number of hydrogen-bond acceptors (Lipinski definition) is 7. The first kappa shape index (κ1) is 18.2. The van der Waals surface area contributed by atoms with Gasteiger partial charge in [0.15, 0.2) is 0 Å². The lowest BCUT2D eigenvalue weighted by atomic mass is 10.1. The standard InChI is InChI=1S/C16H19NO6/c1-21-14(18)8-7-11-5-4-6-12(9-11)17-13(16(20)23-3)10-15(19)22-2/h4-6,9-10,17H,7-8H2,1-3H3/b13-10+. The van der Waals surface area contributed by atoms with Crippen molar-refractivity contribution in [2.45, 2.75) is 12.8 Å². The summed E-state index contributed by atoms with van der Waals surface area (Å²) in [6.45, 7) is 0. The van der Waals surface area contributed by atoms with Gasteiger partial charge in [0.1, 0.15) is 5.70 Å². The van der Waals surface area contributed by atoms with Crippen LogP contribution in [-0.4, -0.2) is 39.2 Å². The summed E-state index contributed by atoms with van der Waals surface area (Å²) in [6, 6.07) is 7.09. The van der Waals surface area contributed by atoms with E-state index in [4.69, 9.17) is 0 Å². The first-order valence-electron chi connectivity index (χ1n) is 6.81. The monoisotopic (exact) mass is 321 g/mol. The molecule has 0 aliphatic rings. The van der Waals surface area contributed by atoms with E-state index in [9.17, 15) is 14.4 Å². The Kier molecular flexibility index (Phi) is 7.32. The van der Waals surface area contributed by atoms with Gasteiger partial charge in [-0.05, 0) is 24.1 Å². The Balaban J connectivity index is 2.88. The Bertz CT molecular complexity index is 608. The van der Waals surface area contributed by atoms with Crippen molar-refractivity contribution in [2.75, 3.05) is 26.6 Å². The van der Waals surface area contributed by atoms with Crippen molar-refractivity contribution in [3.63, 3.8) is 0 Å². The molecule has 1 aromatic carbocycles. The molecule has 0 heterocycles. The fourth-order valence-corrected chi connectivity index (χ4v) is 1.74. The van der Waals surface area contributed by atoms with Crippen LogP contribution in [0, 0.1) is 0 Å². The Morgan fingerprint density at radius 1 is 1.09 bits per heavy atom. The van der Waals surface area contributed by atoms with Crippen molar-refractivity contribution in [1.29, 1.82) is 0 Å². The van der Waals surface area contributed by atoms with Crippen LogP contribution in [0.3, 0.4) is 0 Å². The molecular formula is C16H19NO6. The second kappa shape index (κ2) is 9.24. The van der Waals surface area contributed by atoms with E-state index in [-0.39, 0.29) is 18.1 Å². The lowest BCUT2D eigenvalue weighted by molar-refractivity contribution is -0.140.